The quantitative estimate of drug-likeness (QED) is 0.667. The summed E-state index contributed by atoms with van der Waals surface area (Å²) in [6.45, 7) is -0.241. The smallest absolute Gasteiger partial charge is 0.404 e. The van der Waals surface area contributed by atoms with Gasteiger partial charge in [-0.15, -0.1) is 0 Å². The lowest BCUT2D eigenvalue weighted by molar-refractivity contribution is 0.193. The molecule has 6 nitrogen and oxygen atoms in total. The van der Waals surface area contributed by atoms with Gasteiger partial charge in [0.25, 0.3) is 10.0 Å². The zero-order valence-corrected chi connectivity index (χ0v) is 15.0. The van der Waals surface area contributed by atoms with Gasteiger partial charge in [0, 0.05) is 5.39 Å². The van der Waals surface area contributed by atoms with Gasteiger partial charge in [-0.3, -0.25) is 0 Å². The van der Waals surface area contributed by atoms with Gasteiger partial charge in [-0.05, 0) is 46.3 Å². The van der Waals surface area contributed by atoms with Crippen LogP contribution in [0.25, 0.3) is 10.9 Å². The molecular weight excluding hydrogens is 415 g/mol. The van der Waals surface area contributed by atoms with E-state index in [1.54, 1.807) is 18.2 Å². The number of nitrogens with zero attached hydrogens (tertiary/aromatic N) is 1. The number of carbonyl (C=O) groups is 1. The molecule has 9 heteroatoms. The van der Waals surface area contributed by atoms with Gasteiger partial charge in [-0.25, -0.2) is 21.6 Å². The first kappa shape index (κ1) is 17.4. The van der Waals surface area contributed by atoms with Gasteiger partial charge in [0.2, 0.25) is 0 Å². The number of rotatable bonds is 4. The highest BCUT2D eigenvalue weighted by molar-refractivity contribution is 9.10. The number of fused-ring (bicyclic) bond motifs is 1. The summed E-state index contributed by atoms with van der Waals surface area (Å²) < 4.78 is 41.0. The van der Waals surface area contributed by atoms with E-state index in [2.05, 4.69) is 21.2 Å². The van der Waals surface area contributed by atoms with Crippen LogP contribution in [-0.2, 0) is 16.6 Å². The van der Waals surface area contributed by atoms with E-state index in [-0.39, 0.29) is 27.1 Å². The minimum absolute atomic E-state index is 0.0459. The van der Waals surface area contributed by atoms with Crippen LogP contribution in [0.2, 0.25) is 0 Å². The Kier molecular flexibility index (Phi) is 4.53. The second-order valence-corrected chi connectivity index (χ2v) is 7.84. The molecule has 2 N–H and O–H groups in total. The normalized spacial score (nSPS) is 11.6. The van der Waals surface area contributed by atoms with Crippen molar-refractivity contribution in [1.29, 1.82) is 0 Å². The highest BCUT2D eigenvalue weighted by Gasteiger charge is 2.24. The predicted molar refractivity (Wildman–Crippen MR) is 93.5 cm³/mol. The second kappa shape index (κ2) is 6.49. The highest BCUT2D eigenvalue weighted by Crippen LogP contribution is 2.30. The Balaban J connectivity index is 2.28. The molecule has 25 heavy (non-hydrogen) atoms. The fraction of sp³-hybridized carbons (Fsp3) is 0.0625. The van der Waals surface area contributed by atoms with Crippen molar-refractivity contribution in [2.75, 3.05) is 0 Å². The number of amides is 1. The van der Waals surface area contributed by atoms with Crippen molar-refractivity contribution in [2.24, 2.45) is 0 Å². The average Bonchev–Trinajstić information content (AvgIpc) is 2.92. The molecule has 0 saturated carbocycles. The number of hydrogen-bond acceptors (Lipinski definition) is 3. The first-order chi connectivity index (χ1) is 11.8. The fourth-order valence-electron chi connectivity index (χ4n) is 2.51. The summed E-state index contributed by atoms with van der Waals surface area (Å²) >= 11 is 3.05. The summed E-state index contributed by atoms with van der Waals surface area (Å²) in [4.78, 5) is 10.8. The minimum atomic E-state index is -3.99. The molecule has 0 saturated heterocycles. The zero-order chi connectivity index (χ0) is 18.2. The first-order valence-corrected chi connectivity index (χ1v) is 9.31. The molecule has 0 spiro atoms. The molecule has 1 heterocycles. The number of nitrogens with one attached hydrogen (secondary N) is 1. The van der Waals surface area contributed by atoms with Crippen LogP contribution in [0.1, 0.15) is 5.69 Å². The first-order valence-electron chi connectivity index (χ1n) is 7.07. The fourth-order valence-corrected chi connectivity index (χ4v) is 4.39. The summed E-state index contributed by atoms with van der Waals surface area (Å²) in [6, 6.07) is 11.7. The van der Waals surface area contributed by atoms with Crippen LogP contribution in [-0.4, -0.2) is 23.6 Å². The Labute approximate surface area is 151 Å². The highest BCUT2D eigenvalue weighted by atomic mass is 79.9. The van der Waals surface area contributed by atoms with Crippen LogP contribution >= 0.6 is 15.9 Å². The Morgan fingerprint density at radius 1 is 1.20 bits per heavy atom. The summed E-state index contributed by atoms with van der Waals surface area (Å²) in [7, 11) is -3.99. The van der Waals surface area contributed by atoms with Crippen LogP contribution in [0.15, 0.2) is 57.9 Å². The molecule has 3 rings (SSSR count). The van der Waals surface area contributed by atoms with Crippen LogP contribution < -0.4 is 5.32 Å². The van der Waals surface area contributed by atoms with E-state index in [4.69, 9.17) is 5.11 Å². The Morgan fingerprint density at radius 3 is 2.52 bits per heavy atom. The van der Waals surface area contributed by atoms with Gasteiger partial charge in [-0.1, -0.05) is 18.2 Å². The third kappa shape index (κ3) is 3.24. The van der Waals surface area contributed by atoms with Crippen molar-refractivity contribution >= 4 is 42.9 Å². The number of carboxylic acid groups (broad SMARTS) is 1. The lowest BCUT2D eigenvalue weighted by atomic mass is 10.2. The van der Waals surface area contributed by atoms with E-state index in [0.29, 0.717) is 5.39 Å². The Morgan fingerprint density at radius 2 is 1.88 bits per heavy atom. The molecule has 0 radical (unpaired) electrons. The van der Waals surface area contributed by atoms with Gasteiger partial charge in [0.05, 0.1) is 27.1 Å². The Bertz CT molecular complexity index is 1060. The molecule has 1 aromatic heterocycles. The lowest BCUT2D eigenvalue weighted by Gasteiger charge is -2.12. The van der Waals surface area contributed by atoms with Crippen LogP contribution in [0, 0.1) is 5.82 Å². The second-order valence-electron chi connectivity index (χ2n) is 5.20. The van der Waals surface area contributed by atoms with Crippen molar-refractivity contribution in [2.45, 2.75) is 11.4 Å². The van der Waals surface area contributed by atoms with E-state index in [1.807, 2.05) is 0 Å². The van der Waals surface area contributed by atoms with Crippen molar-refractivity contribution in [1.82, 2.24) is 9.29 Å². The van der Waals surface area contributed by atoms with E-state index in [1.165, 1.54) is 30.3 Å². The zero-order valence-electron chi connectivity index (χ0n) is 12.6. The SMILES string of the molecule is O=C(O)NCc1cc2cc(F)c(Br)cc2n1S(=O)(=O)c1ccccc1. The number of aromatic nitrogens is 1. The molecule has 0 bridgehead atoms. The molecule has 0 aliphatic heterocycles. The molecule has 3 aromatic rings. The largest absolute Gasteiger partial charge is 0.465 e. The topological polar surface area (TPSA) is 88.4 Å². The van der Waals surface area contributed by atoms with Gasteiger partial charge < -0.3 is 10.4 Å². The molecule has 2 aromatic carbocycles. The van der Waals surface area contributed by atoms with Crippen molar-refractivity contribution < 1.29 is 22.7 Å². The van der Waals surface area contributed by atoms with E-state index in [0.717, 1.165) is 3.97 Å². The van der Waals surface area contributed by atoms with Crippen LogP contribution in [0.3, 0.4) is 0 Å². The van der Waals surface area contributed by atoms with Gasteiger partial charge in [0.15, 0.2) is 0 Å². The molecule has 0 atom stereocenters. The molecule has 0 aliphatic rings. The minimum Gasteiger partial charge on any atom is -0.465 e. The van der Waals surface area contributed by atoms with E-state index >= 15 is 0 Å². The standard InChI is InChI=1S/C16H12BrFN2O4S/c17-13-8-15-10(7-14(13)18)6-11(9-19-16(21)22)20(15)25(23,24)12-4-2-1-3-5-12/h1-8,19H,9H2,(H,21,22). The van der Waals surface area contributed by atoms with Crippen molar-refractivity contribution in [3.63, 3.8) is 0 Å². The van der Waals surface area contributed by atoms with Gasteiger partial charge in [-0.2, -0.15) is 0 Å². The molecule has 0 unspecified atom stereocenters. The maximum Gasteiger partial charge on any atom is 0.404 e. The number of benzene rings is 2. The molecule has 1 amide bonds. The summed E-state index contributed by atoms with van der Waals surface area (Å²) in [5, 5.41) is 11.3. The summed E-state index contributed by atoms with van der Waals surface area (Å²) in [6.07, 6.45) is -1.29. The van der Waals surface area contributed by atoms with Crippen LogP contribution in [0.4, 0.5) is 9.18 Å². The lowest BCUT2D eigenvalue weighted by Crippen LogP contribution is -2.24. The third-order valence-corrected chi connectivity index (χ3v) is 5.96. The summed E-state index contributed by atoms with van der Waals surface area (Å²) in [5.74, 6) is -0.542. The molecule has 0 aliphatic carbocycles. The molecular formula is C16H12BrFN2O4S. The van der Waals surface area contributed by atoms with E-state index < -0.39 is 21.9 Å². The molecule has 0 fully saturated rings. The van der Waals surface area contributed by atoms with Crippen LogP contribution in [0.5, 0.6) is 0 Å². The van der Waals surface area contributed by atoms with Crippen molar-refractivity contribution in [3.8, 4) is 0 Å². The molecule has 130 valence electrons. The maximum absolute atomic E-state index is 13.8. The predicted octanol–water partition coefficient (Wildman–Crippen LogP) is 3.55. The van der Waals surface area contributed by atoms with Crippen molar-refractivity contribution in [3.05, 3.63) is 64.5 Å². The Hall–Kier alpha value is -2.39. The number of halogens is 2. The monoisotopic (exact) mass is 426 g/mol. The summed E-state index contributed by atoms with van der Waals surface area (Å²) in [5.41, 5.74) is 0.429. The number of hydrogen-bond donors (Lipinski definition) is 2. The average molecular weight is 427 g/mol. The van der Waals surface area contributed by atoms with E-state index in [9.17, 15) is 17.6 Å². The van der Waals surface area contributed by atoms with Gasteiger partial charge >= 0.3 is 6.09 Å². The third-order valence-electron chi connectivity index (χ3n) is 3.57. The van der Waals surface area contributed by atoms with Gasteiger partial charge in [0.1, 0.15) is 5.82 Å². The maximum atomic E-state index is 13.8.